The molecular formula is C17H18FNOS. The van der Waals surface area contributed by atoms with E-state index >= 15 is 0 Å². The van der Waals surface area contributed by atoms with Gasteiger partial charge in [-0.3, -0.25) is 4.79 Å². The zero-order valence-corrected chi connectivity index (χ0v) is 12.7. The molecule has 0 N–H and O–H groups in total. The van der Waals surface area contributed by atoms with Gasteiger partial charge in [0.25, 0.3) is 5.56 Å². The normalized spacial score (nSPS) is 15.5. The van der Waals surface area contributed by atoms with E-state index in [2.05, 4.69) is 12.6 Å². The van der Waals surface area contributed by atoms with Gasteiger partial charge in [0.1, 0.15) is 5.82 Å². The van der Waals surface area contributed by atoms with Gasteiger partial charge in [-0.05, 0) is 48.7 Å². The number of nitrogens with zero attached hydrogens (tertiary/aromatic N) is 1. The lowest BCUT2D eigenvalue weighted by Crippen LogP contribution is -2.27. The molecule has 1 fully saturated rings. The highest BCUT2D eigenvalue weighted by molar-refractivity contribution is 7.79. The molecule has 0 radical (unpaired) electrons. The minimum atomic E-state index is -0.263. The number of thiol groups is 1. The summed E-state index contributed by atoms with van der Waals surface area (Å²) in [4.78, 5) is 12.7. The lowest BCUT2D eigenvalue weighted by atomic mass is 10.1. The Hall–Kier alpha value is -1.55. The molecule has 1 saturated carbocycles. The number of rotatable bonds is 3. The third kappa shape index (κ3) is 2.77. The Kier molecular flexibility index (Phi) is 4.15. The van der Waals surface area contributed by atoms with E-state index < -0.39 is 0 Å². The first-order chi connectivity index (χ1) is 10.2. The van der Waals surface area contributed by atoms with Crippen molar-refractivity contribution in [3.63, 3.8) is 0 Å². The fraction of sp³-hybridized carbons (Fsp3) is 0.353. The lowest BCUT2D eigenvalue weighted by Gasteiger charge is -2.20. The van der Waals surface area contributed by atoms with Crippen LogP contribution >= 0.6 is 12.6 Å². The standard InChI is InChI=1S/C17H18FNOS/c18-14-8-5-12(6-9-14)16-10-7-13(11-21)17(20)19(16)15-3-1-2-4-15/h5-10,15,21H,1-4,11H2. The van der Waals surface area contributed by atoms with Crippen LogP contribution in [0.15, 0.2) is 41.2 Å². The number of halogens is 1. The Balaban J connectivity index is 2.17. The Morgan fingerprint density at radius 2 is 1.76 bits per heavy atom. The molecule has 1 aliphatic carbocycles. The molecule has 2 nitrogen and oxygen atoms in total. The van der Waals surface area contributed by atoms with E-state index in [1.54, 1.807) is 12.1 Å². The van der Waals surface area contributed by atoms with Gasteiger partial charge in [0.15, 0.2) is 0 Å². The zero-order valence-electron chi connectivity index (χ0n) is 11.8. The van der Waals surface area contributed by atoms with Crippen molar-refractivity contribution in [2.45, 2.75) is 37.5 Å². The highest BCUT2D eigenvalue weighted by Gasteiger charge is 2.22. The molecule has 0 atom stereocenters. The summed E-state index contributed by atoms with van der Waals surface area (Å²) in [6.07, 6.45) is 4.38. The van der Waals surface area contributed by atoms with Crippen LogP contribution < -0.4 is 5.56 Å². The molecule has 3 rings (SSSR count). The van der Waals surface area contributed by atoms with Crippen LogP contribution in [0.1, 0.15) is 37.3 Å². The van der Waals surface area contributed by atoms with Crippen LogP contribution in [0.3, 0.4) is 0 Å². The quantitative estimate of drug-likeness (QED) is 0.843. The van der Waals surface area contributed by atoms with Crippen LogP contribution in [0, 0.1) is 5.82 Å². The second-order valence-corrected chi connectivity index (χ2v) is 5.84. The Bertz CT molecular complexity index is 687. The Morgan fingerprint density at radius 1 is 1.10 bits per heavy atom. The molecule has 0 amide bonds. The van der Waals surface area contributed by atoms with Crippen molar-refractivity contribution >= 4 is 12.6 Å². The maximum atomic E-state index is 13.1. The minimum absolute atomic E-state index is 0.0405. The summed E-state index contributed by atoms with van der Waals surface area (Å²) < 4.78 is 15.0. The number of aromatic nitrogens is 1. The summed E-state index contributed by atoms with van der Waals surface area (Å²) in [6, 6.07) is 10.4. The van der Waals surface area contributed by atoms with Crippen LogP contribution in [-0.2, 0) is 5.75 Å². The molecule has 0 bridgehead atoms. The van der Waals surface area contributed by atoms with Crippen molar-refractivity contribution < 1.29 is 4.39 Å². The van der Waals surface area contributed by atoms with Crippen molar-refractivity contribution in [1.82, 2.24) is 4.57 Å². The van der Waals surface area contributed by atoms with Crippen molar-refractivity contribution in [2.24, 2.45) is 0 Å². The number of hydrogen-bond donors (Lipinski definition) is 1. The summed E-state index contributed by atoms with van der Waals surface area (Å²) in [6.45, 7) is 0. The third-order valence-corrected chi connectivity index (χ3v) is 4.54. The average molecular weight is 303 g/mol. The first-order valence-corrected chi connectivity index (χ1v) is 7.95. The van der Waals surface area contributed by atoms with Crippen molar-refractivity contribution in [1.29, 1.82) is 0 Å². The predicted molar refractivity (Wildman–Crippen MR) is 86.3 cm³/mol. The molecule has 2 aromatic rings. The van der Waals surface area contributed by atoms with E-state index in [1.165, 1.54) is 12.1 Å². The lowest BCUT2D eigenvalue weighted by molar-refractivity contribution is 0.506. The van der Waals surface area contributed by atoms with Crippen LogP contribution in [0.25, 0.3) is 11.3 Å². The molecule has 1 aromatic carbocycles. The predicted octanol–water partition coefficient (Wildman–Crippen LogP) is 4.20. The van der Waals surface area contributed by atoms with Gasteiger partial charge in [0.2, 0.25) is 0 Å². The molecule has 0 unspecified atom stereocenters. The number of benzene rings is 1. The summed E-state index contributed by atoms with van der Waals surface area (Å²) >= 11 is 4.24. The van der Waals surface area contributed by atoms with Crippen molar-refractivity contribution in [3.8, 4) is 11.3 Å². The van der Waals surface area contributed by atoms with E-state index in [4.69, 9.17) is 0 Å². The Morgan fingerprint density at radius 3 is 2.38 bits per heavy atom. The first kappa shape index (κ1) is 14.4. The van der Waals surface area contributed by atoms with Gasteiger partial charge in [0.05, 0.1) is 5.69 Å². The van der Waals surface area contributed by atoms with Crippen LogP contribution in [0.4, 0.5) is 4.39 Å². The van der Waals surface area contributed by atoms with Crippen LogP contribution in [0.2, 0.25) is 0 Å². The largest absolute Gasteiger partial charge is 0.305 e. The first-order valence-electron chi connectivity index (χ1n) is 7.32. The van der Waals surface area contributed by atoms with Gasteiger partial charge < -0.3 is 4.57 Å². The van der Waals surface area contributed by atoms with Gasteiger partial charge in [-0.2, -0.15) is 12.6 Å². The molecule has 0 aliphatic heterocycles. The monoisotopic (exact) mass is 303 g/mol. The summed E-state index contributed by atoms with van der Waals surface area (Å²) in [5, 5.41) is 0. The molecule has 0 spiro atoms. The minimum Gasteiger partial charge on any atom is -0.305 e. The highest BCUT2D eigenvalue weighted by Crippen LogP contribution is 2.32. The second-order valence-electron chi connectivity index (χ2n) is 5.52. The molecule has 0 saturated heterocycles. The SMILES string of the molecule is O=c1c(CS)ccc(-c2ccc(F)cc2)n1C1CCCC1. The second kappa shape index (κ2) is 6.06. The average Bonchev–Trinajstić information content (AvgIpc) is 3.01. The topological polar surface area (TPSA) is 22.0 Å². The van der Waals surface area contributed by atoms with Crippen molar-refractivity contribution in [2.75, 3.05) is 0 Å². The maximum absolute atomic E-state index is 13.1. The third-order valence-electron chi connectivity index (χ3n) is 4.20. The molecule has 4 heteroatoms. The van der Waals surface area contributed by atoms with Gasteiger partial charge in [-0.15, -0.1) is 0 Å². The van der Waals surface area contributed by atoms with Gasteiger partial charge in [0, 0.05) is 17.4 Å². The molecule has 1 aliphatic rings. The van der Waals surface area contributed by atoms with Gasteiger partial charge in [-0.1, -0.05) is 18.9 Å². The molecule has 1 aromatic heterocycles. The number of pyridine rings is 1. The number of hydrogen-bond acceptors (Lipinski definition) is 2. The van der Waals surface area contributed by atoms with Crippen LogP contribution in [-0.4, -0.2) is 4.57 Å². The van der Waals surface area contributed by atoms with Gasteiger partial charge >= 0.3 is 0 Å². The van der Waals surface area contributed by atoms with Crippen molar-refractivity contribution in [3.05, 3.63) is 58.1 Å². The van der Waals surface area contributed by atoms with Crippen LogP contribution in [0.5, 0.6) is 0 Å². The zero-order chi connectivity index (χ0) is 14.8. The van der Waals surface area contributed by atoms with E-state index in [9.17, 15) is 9.18 Å². The molecule has 1 heterocycles. The van der Waals surface area contributed by atoms with E-state index in [0.29, 0.717) is 5.75 Å². The summed E-state index contributed by atoms with van der Waals surface area (Å²) in [5.74, 6) is 0.176. The molecule has 21 heavy (non-hydrogen) atoms. The van der Waals surface area contributed by atoms with Gasteiger partial charge in [-0.25, -0.2) is 4.39 Å². The maximum Gasteiger partial charge on any atom is 0.255 e. The van der Waals surface area contributed by atoms with E-state index in [-0.39, 0.29) is 17.4 Å². The summed E-state index contributed by atoms with van der Waals surface area (Å²) in [5.41, 5.74) is 2.51. The molecular weight excluding hydrogens is 285 g/mol. The highest BCUT2D eigenvalue weighted by atomic mass is 32.1. The molecule has 110 valence electrons. The fourth-order valence-electron chi connectivity index (χ4n) is 3.10. The summed E-state index contributed by atoms with van der Waals surface area (Å²) in [7, 11) is 0. The van der Waals surface area contributed by atoms with E-state index in [0.717, 1.165) is 42.5 Å². The smallest absolute Gasteiger partial charge is 0.255 e. The Labute approximate surface area is 129 Å². The van der Waals surface area contributed by atoms with E-state index in [1.807, 2.05) is 16.7 Å². The fourth-order valence-corrected chi connectivity index (χ4v) is 3.34.